The summed E-state index contributed by atoms with van der Waals surface area (Å²) in [6.45, 7) is 0. The molecule has 1 heteroatoms. The van der Waals surface area contributed by atoms with Gasteiger partial charge in [-0.25, -0.2) is 0 Å². The molecule has 1 aliphatic carbocycles. The molecule has 0 aromatic heterocycles. The Bertz CT molecular complexity index is 1370. The summed E-state index contributed by atoms with van der Waals surface area (Å²) >= 11 is 0. The number of rotatable bonds is 2. The van der Waals surface area contributed by atoms with E-state index in [9.17, 15) is 0 Å². The average molecular weight is 374 g/mol. The monoisotopic (exact) mass is 374 g/mol. The van der Waals surface area contributed by atoms with E-state index in [4.69, 9.17) is 4.74 Å². The minimum Gasteiger partial charge on any atom is -0.486 e. The Morgan fingerprint density at radius 1 is 0.621 bits per heavy atom. The summed E-state index contributed by atoms with van der Waals surface area (Å²) in [5.41, 5.74) is 2.82. The third-order valence-electron chi connectivity index (χ3n) is 6.31. The van der Waals surface area contributed by atoms with Crippen molar-refractivity contribution in [3.05, 3.63) is 102 Å². The predicted octanol–water partition coefficient (Wildman–Crippen LogP) is 7.60. The van der Waals surface area contributed by atoms with E-state index >= 15 is 0 Å². The van der Waals surface area contributed by atoms with Gasteiger partial charge in [-0.05, 0) is 74.8 Å². The second kappa shape index (κ2) is 6.63. The minimum absolute atomic E-state index is 0.121. The molecule has 0 saturated heterocycles. The lowest BCUT2D eigenvalue weighted by Crippen LogP contribution is -2.15. The Kier molecular flexibility index (Phi) is 3.80. The molecule has 0 spiro atoms. The van der Waals surface area contributed by atoms with Crippen LogP contribution in [0.5, 0.6) is 5.75 Å². The Balaban J connectivity index is 1.44. The van der Waals surface area contributed by atoms with Gasteiger partial charge < -0.3 is 4.74 Å². The van der Waals surface area contributed by atoms with Gasteiger partial charge in [-0.2, -0.15) is 0 Å². The summed E-state index contributed by atoms with van der Waals surface area (Å²) < 4.78 is 6.53. The van der Waals surface area contributed by atoms with Crippen LogP contribution >= 0.6 is 0 Å². The van der Waals surface area contributed by atoms with Crippen molar-refractivity contribution < 1.29 is 4.74 Å². The molecule has 0 N–H and O–H groups in total. The fourth-order valence-corrected chi connectivity index (χ4v) is 4.90. The van der Waals surface area contributed by atoms with Crippen LogP contribution in [0.2, 0.25) is 0 Å². The van der Waals surface area contributed by atoms with E-state index in [1.54, 1.807) is 0 Å². The van der Waals surface area contributed by atoms with Crippen LogP contribution in [0.3, 0.4) is 0 Å². The van der Waals surface area contributed by atoms with Crippen molar-refractivity contribution >= 4 is 32.3 Å². The summed E-state index contributed by atoms with van der Waals surface area (Å²) in [5, 5.41) is 7.86. The van der Waals surface area contributed by atoms with E-state index in [1.165, 1.54) is 43.4 Å². The molecule has 0 amide bonds. The molecule has 0 fully saturated rings. The van der Waals surface area contributed by atoms with Gasteiger partial charge >= 0.3 is 0 Å². The zero-order chi connectivity index (χ0) is 19.2. The first-order valence-corrected chi connectivity index (χ1v) is 10.5. The fraction of sp³-hybridized carbons (Fsp3) is 0.143. The maximum absolute atomic E-state index is 6.53. The zero-order valence-electron chi connectivity index (χ0n) is 16.3. The molecule has 0 radical (unpaired) electrons. The number of hydrogen-bond donors (Lipinski definition) is 0. The molecule has 0 bridgehead atoms. The second-order valence-electron chi connectivity index (χ2n) is 8.02. The first-order valence-electron chi connectivity index (χ1n) is 10.5. The molecule has 0 heterocycles. The van der Waals surface area contributed by atoms with Crippen molar-refractivity contribution in [2.45, 2.75) is 25.4 Å². The maximum atomic E-state index is 6.53. The Morgan fingerprint density at radius 3 is 2.31 bits per heavy atom. The summed E-state index contributed by atoms with van der Waals surface area (Å²) in [6.07, 6.45) is 3.48. The van der Waals surface area contributed by atoms with Gasteiger partial charge in [0.15, 0.2) is 0 Å². The van der Waals surface area contributed by atoms with Crippen LogP contribution in [0.1, 0.15) is 30.1 Å². The summed E-state index contributed by atoms with van der Waals surface area (Å²) in [7, 11) is 0. The number of ether oxygens (including phenoxy) is 1. The number of benzene rings is 5. The molecule has 1 unspecified atom stereocenters. The first kappa shape index (κ1) is 16.6. The van der Waals surface area contributed by atoms with E-state index in [2.05, 4.69) is 91.0 Å². The molecule has 1 atom stereocenters. The number of aryl methyl sites for hydroxylation is 1. The molecule has 1 aliphatic rings. The van der Waals surface area contributed by atoms with Crippen LogP contribution in [0.4, 0.5) is 0 Å². The highest BCUT2D eigenvalue weighted by molar-refractivity contribution is 6.08. The molecular weight excluding hydrogens is 352 g/mol. The van der Waals surface area contributed by atoms with Gasteiger partial charge in [-0.15, -0.1) is 0 Å². The van der Waals surface area contributed by atoms with Crippen molar-refractivity contribution in [2.75, 3.05) is 0 Å². The minimum atomic E-state index is 0.121. The maximum Gasteiger partial charge on any atom is 0.124 e. The number of fused-ring (bicyclic) bond motifs is 6. The molecule has 0 aliphatic heterocycles. The Labute approximate surface area is 170 Å². The second-order valence-corrected chi connectivity index (χ2v) is 8.02. The summed E-state index contributed by atoms with van der Waals surface area (Å²) in [5.74, 6) is 0.958. The van der Waals surface area contributed by atoms with Crippen LogP contribution in [0.25, 0.3) is 32.3 Å². The molecular formula is C28H22O. The zero-order valence-corrected chi connectivity index (χ0v) is 16.3. The lowest BCUT2D eigenvalue weighted by molar-refractivity contribution is 0.184. The van der Waals surface area contributed by atoms with E-state index in [0.29, 0.717) is 0 Å². The molecule has 5 aromatic rings. The third-order valence-corrected chi connectivity index (χ3v) is 6.31. The first-order chi connectivity index (χ1) is 14.4. The van der Waals surface area contributed by atoms with Crippen LogP contribution in [0.15, 0.2) is 91.0 Å². The largest absolute Gasteiger partial charge is 0.486 e. The van der Waals surface area contributed by atoms with Gasteiger partial charge in [0, 0.05) is 0 Å². The van der Waals surface area contributed by atoms with Gasteiger partial charge in [0.2, 0.25) is 0 Å². The van der Waals surface area contributed by atoms with E-state index in [1.807, 2.05) is 0 Å². The average Bonchev–Trinajstić information content (AvgIpc) is 2.79. The van der Waals surface area contributed by atoms with E-state index < -0.39 is 0 Å². The van der Waals surface area contributed by atoms with Crippen LogP contribution < -0.4 is 4.74 Å². The van der Waals surface area contributed by atoms with Crippen LogP contribution in [-0.2, 0) is 6.42 Å². The summed E-state index contributed by atoms with van der Waals surface area (Å²) in [4.78, 5) is 0. The molecule has 29 heavy (non-hydrogen) atoms. The molecule has 0 saturated carbocycles. The number of hydrogen-bond acceptors (Lipinski definition) is 1. The van der Waals surface area contributed by atoms with Crippen molar-refractivity contribution in [3.8, 4) is 5.75 Å². The Hall–Kier alpha value is -3.32. The van der Waals surface area contributed by atoms with Crippen molar-refractivity contribution in [1.29, 1.82) is 0 Å². The Morgan fingerprint density at radius 2 is 1.38 bits per heavy atom. The topological polar surface area (TPSA) is 9.23 Å². The van der Waals surface area contributed by atoms with Gasteiger partial charge in [-0.3, -0.25) is 0 Å². The molecule has 1 nitrogen and oxygen atoms in total. The SMILES string of the molecule is c1ccc2cc(OC3CCCc4c3ccc3c4ccc4ccccc43)ccc2c1. The lowest BCUT2D eigenvalue weighted by atomic mass is 9.85. The van der Waals surface area contributed by atoms with E-state index in [-0.39, 0.29) is 6.10 Å². The smallest absolute Gasteiger partial charge is 0.124 e. The van der Waals surface area contributed by atoms with Crippen LogP contribution in [-0.4, -0.2) is 0 Å². The van der Waals surface area contributed by atoms with Gasteiger partial charge in [0.25, 0.3) is 0 Å². The molecule has 6 rings (SSSR count). The highest BCUT2D eigenvalue weighted by atomic mass is 16.5. The quantitative estimate of drug-likeness (QED) is 0.289. The van der Waals surface area contributed by atoms with Crippen molar-refractivity contribution in [3.63, 3.8) is 0 Å². The highest BCUT2D eigenvalue weighted by Gasteiger charge is 2.24. The van der Waals surface area contributed by atoms with Crippen LogP contribution in [0, 0.1) is 0 Å². The van der Waals surface area contributed by atoms with Crippen molar-refractivity contribution in [2.24, 2.45) is 0 Å². The predicted molar refractivity (Wildman–Crippen MR) is 122 cm³/mol. The molecule has 140 valence electrons. The van der Waals surface area contributed by atoms with E-state index in [0.717, 1.165) is 25.0 Å². The van der Waals surface area contributed by atoms with Gasteiger partial charge in [0.05, 0.1) is 0 Å². The normalized spacial score (nSPS) is 16.2. The fourth-order valence-electron chi connectivity index (χ4n) is 4.90. The third kappa shape index (κ3) is 2.77. The highest BCUT2D eigenvalue weighted by Crippen LogP contribution is 2.39. The van der Waals surface area contributed by atoms with Crippen molar-refractivity contribution in [1.82, 2.24) is 0 Å². The standard InChI is InChI=1S/C28H22O/c1-2-8-21-18-22(14-12-19(21)6-1)29-28-11-5-10-24-26-15-13-20-7-3-4-9-23(20)25(26)16-17-27(24)28/h1-4,6-9,12-18,28H,5,10-11H2. The lowest BCUT2D eigenvalue weighted by Gasteiger charge is -2.28. The summed E-state index contributed by atoms with van der Waals surface area (Å²) in [6, 6.07) is 32.7. The van der Waals surface area contributed by atoms with Gasteiger partial charge in [0.1, 0.15) is 11.9 Å². The molecule has 5 aromatic carbocycles. The van der Waals surface area contributed by atoms with Gasteiger partial charge in [-0.1, -0.05) is 78.9 Å².